The minimum atomic E-state index is 0. The van der Waals surface area contributed by atoms with Gasteiger partial charge in [0, 0.05) is 50.8 Å². The zero-order valence-electron chi connectivity index (χ0n) is 16.2. The van der Waals surface area contributed by atoms with Crippen molar-refractivity contribution in [3.05, 3.63) is 46.8 Å². The van der Waals surface area contributed by atoms with Crippen LogP contribution < -0.4 is 10.2 Å². The summed E-state index contributed by atoms with van der Waals surface area (Å²) in [6.45, 7) is 4.66. The van der Waals surface area contributed by atoms with Crippen LogP contribution in [0.1, 0.15) is 10.9 Å². The molecule has 6 nitrogen and oxygen atoms in total. The van der Waals surface area contributed by atoms with Gasteiger partial charge in [-0.25, -0.2) is 4.98 Å². The molecule has 2 aromatic heterocycles. The molecule has 27 heavy (non-hydrogen) atoms. The summed E-state index contributed by atoms with van der Waals surface area (Å²) in [4.78, 5) is 17.3. The average Bonchev–Trinajstić information content (AvgIpc) is 3.20. The molecule has 0 bridgehead atoms. The number of anilines is 1. The first-order chi connectivity index (χ1) is 12.7. The largest absolute Gasteiger partial charge is 0.354 e. The monoisotopic (exact) mass is 500 g/mol. The van der Waals surface area contributed by atoms with Crippen molar-refractivity contribution in [3.8, 4) is 0 Å². The Morgan fingerprint density at radius 3 is 2.56 bits per heavy atom. The Morgan fingerprint density at radius 2 is 2.00 bits per heavy atom. The van der Waals surface area contributed by atoms with E-state index in [-0.39, 0.29) is 24.0 Å². The summed E-state index contributed by atoms with van der Waals surface area (Å²) in [7, 11) is 6.12. The highest BCUT2D eigenvalue weighted by Crippen LogP contribution is 2.22. The molecule has 8 heteroatoms. The van der Waals surface area contributed by atoms with Gasteiger partial charge in [-0.15, -0.1) is 35.3 Å². The molecule has 0 aromatic carbocycles. The normalized spacial score (nSPS) is 16.2. The van der Waals surface area contributed by atoms with E-state index < -0.39 is 0 Å². The van der Waals surface area contributed by atoms with E-state index in [1.165, 1.54) is 4.88 Å². The number of aromatic nitrogens is 1. The summed E-state index contributed by atoms with van der Waals surface area (Å²) >= 11 is 1.80. The number of guanidine groups is 1. The molecule has 0 amide bonds. The van der Waals surface area contributed by atoms with Crippen molar-refractivity contribution in [3.63, 3.8) is 0 Å². The molecule has 3 heterocycles. The number of nitrogens with zero attached hydrogens (tertiary/aromatic N) is 5. The third-order valence-electron chi connectivity index (χ3n) is 4.71. The smallest absolute Gasteiger partial charge is 0.193 e. The molecule has 2 aromatic rings. The van der Waals surface area contributed by atoms with E-state index in [0.717, 1.165) is 44.5 Å². The maximum atomic E-state index is 4.50. The number of thiophene rings is 1. The summed E-state index contributed by atoms with van der Waals surface area (Å²) in [5.41, 5.74) is 0. The number of pyridine rings is 1. The zero-order valence-corrected chi connectivity index (χ0v) is 19.4. The van der Waals surface area contributed by atoms with Crippen LogP contribution >= 0.6 is 35.3 Å². The zero-order chi connectivity index (χ0) is 18.4. The lowest BCUT2D eigenvalue weighted by molar-refractivity contribution is 0.296. The lowest BCUT2D eigenvalue weighted by Crippen LogP contribution is -2.53. The molecule has 0 spiro atoms. The molecule has 1 aliphatic rings. The van der Waals surface area contributed by atoms with Crippen LogP contribution in [0.3, 0.4) is 0 Å². The van der Waals surface area contributed by atoms with Crippen molar-refractivity contribution in [2.75, 3.05) is 58.8 Å². The lowest BCUT2D eigenvalue weighted by Gasteiger charge is -2.37. The summed E-state index contributed by atoms with van der Waals surface area (Å²) in [6.07, 6.45) is 1.86. The van der Waals surface area contributed by atoms with Gasteiger partial charge in [0.1, 0.15) is 5.82 Å². The van der Waals surface area contributed by atoms with E-state index in [0.29, 0.717) is 6.04 Å². The number of piperazine rings is 1. The van der Waals surface area contributed by atoms with Crippen molar-refractivity contribution in [1.29, 1.82) is 0 Å². The van der Waals surface area contributed by atoms with Gasteiger partial charge in [-0.2, -0.15) is 0 Å². The Hall–Kier alpha value is -1.39. The van der Waals surface area contributed by atoms with Crippen molar-refractivity contribution in [2.45, 2.75) is 6.04 Å². The van der Waals surface area contributed by atoms with Gasteiger partial charge < -0.3 is 20.0 Å². The van der Waals surface area contributed by atoms with Crippen LogP contribution in [-0.4, -0.2) is 74.6 Å². The number of rotatable bonds is 5. The highest BCUT2D eigenvalue weighted by molar-refractivity contribution is 14.0. The summed E-state index contributed by atoms with van der Waals surface area (Å²) in [6, 6.07) is 10.7. The summed E-state index contributed by atoms with van der Waals surface area (Å²) in [5, 5.41) is 5.71. The predicted molar refractivity (Wildman–Crippen MR) is 126 cm³/mol. The number of halogens is 1. The number of aliphatic imine (C=N–C) groups is 1. The van der Waals surface area contributed by atoms with Crippen molar-refractivity contribution in [2.24, 2.45) is 4.99 Å². The summed E-state index contributed by atoms with van der Waals surface area (Å²) in [5.74, 6) is 2.04. The van der Waals surface area contributed by atoms with Crippen LogP contribution in [0.15, 0.2) is 46.9 Å². The second-order valence-corrected chi connectivity index (χ2v) is 7.56. The van der Waals surface area contributed by atoms with Crippen LogP contribution in [0.4, 0.5) is 5.82 Å². The maximum absolute atomic E-state index is 4.50. The Balaban J connectivity index is 0.00000261. The fourth-order valence-corrected chi connectivity index (χ4v) is 4.15. The van der Waals surface area contributed by atoms with Gasteiger partial charge in [-0.05, 0) is 37.7 Å². The molecule has 0 saturated carbocycles. The third-order valence-corrected chi connectivity index (χ3v) is 5.69. The van der Waals surface area contributed by atoms with Gasteiger partial charge >= 0.3 is 0 Å². The standard InChI is InChI=1S/C19H28N6S.HI/c1-20-19(22-15-16(23(2)3)17-7-6-14-26-17)25-12-10-24(11-13-25)18-8-4-5-9-21-18;/h4-9,14,16H,10-13,15H2,1-3H3,(H,20,22);1H. The fraction of sp³-hybridized carbons (Fsp3) is 0.474. The molecule has 1 fully saturated rings. The number of nitrogens with one attached hydrogen (secondary N) is 1. The van der Waals surface area contributed by atoms with Crippen LogP contribution in [0, 0.1) is 0 Å². The summed E-state index contributed by atoms with van der Waals surface area (Å²) < 4.78 is 0. The second-order valence-electron chi connectivity index (χ2n) is 6.58. The second kappa shape index (κ2) is 10.8. The molecular weight excluding hydrogens is 471 g/mol. The lowest BCUT2D eigenvalue weighted by atomic mass is 10.2. The first-order valence-corrected chi connectivity index (χ1v) is 9.88. The van der Waals surface area contributed by atoms with Crippen molar-refractivity contribution >= 4 is 47.1 Å². The van der Waals surface area contributed by atoms with Gasteiger partial charge in [0.2, 0.25) is 0 Å². The van der Waals surface area contributed by atoms with Crippen LogP contribution in [0.2, 0.25) is 0 Å². The Labute approximate surface area is 183 Å². The van der Waals surface area contributed by atoms with E-state index >= 15 is 0 Å². The molecule has 1 unspecified atom stereocenters. The van der Waals surface area contributed by atoms with Gasteiger partial charge in [-0.1, -0.05) is 12.1 Å². The van der Waals surface area contributed by atoms with Gasteiger partial charge in [0.05, 0.1) is 6.04 Å². The van der Waals surface area contributed by atoms with Gasteiger partial charge in [0.25, 0.3) is 0 Å². The number of likely N-dealkylation sites (N-methyl/N-ethyl adjacent to an activating group) is 1. The molecule has 1 atom stereocenters. The van der Waals surface area contributed by atoms with Gasteiger partial charge in [0.15, 0.2) is 5.96 Å². The number of hydrogen-bond donors (Lipinski definition) is 1. The number of hydrogen-bond acceptors (Lipinski definition) is 5. The third kappa shape index (κ3) is 5.79. The first kappa shape index (κ1) is 21.9. The minimum absolute atomic E-state index is 0. The van der Waals surface area contributed by atoms with Crippen LogP contribution in [-0.2, 0) is 0 Å². The molecule has 1 aliphatic heterocycles. The Morgan fingerprint density at radius 1 is 1.22 bits per heavy atom. The van der Waals surface area contributed by atoms with Crippen molar-refractivity contribution in [1.82, 2.24) is 20.1 Å². The Kier molecular flexibility index (Phi) is 8.78. The molecule has 148 valence electrons. The fourth-order valence-electron chi connectivity index (χ4n) is 3.23. The average molecular weight is 500 g/mol. The molecule has 1 saturated heterocycles. The van der Waals surface area contributed by atoms with E-state index in [1.807, 2.05) is 25.4 Å². The SMILES string of the molecule is CN=C(NCC(c1cccs1)N(C)C)N1CCN(c2ccccn2)CC1.I. The molecule has 0 aliphatic carbocycles. The highest BCUT2D eigenvalue weighted by atomic mass is 127. The van der Waals surface area contributed by atoms with Crippen molar-refractivity contribution < 1.29 is 0 Å². The van der Waals surface area contributed by atoms with E-state index in [4.69, 9.17) is 0 Å². The van der Waals surface area contributed by atoms with E-state index in [9.17, 15) is 0 Å². The minimum Gasteiger partial charge on any atom is -0.354 e. The molecule has 1 N–H and O–H groups in total. The van der Waals surface area contributed by atoms with E-state index in [1.54, 1.807) is 11.3 Å². The van der Waals surface area contributed by atoms with Gasteiger partial charge in [-0.3, -0.25) is 4.99 Å². The van der Waals surface area contributed by atoms with Crippen LogP contribution in [0.5, 0.6) is 0 Å². The topological polar surface area (TPSA) is 47.0 Å². The quantitative estimate of drug-likeness (QED) is 0.389. The van der Waals surface area contributed by atoms with E-state index in [2.05, 4.69) is 67.7 Å². The maximum Gasteiger partial charge on any atom is 0.193 e. The highest BCUT2D eigenvalue weighted by Gasteiger charge is 2.22. The first-order valence-electron chi connectivity index (χ1n) is 9.00. The molecule has 3 rings (SSSR count). The molecule has 0 radical (unpaired) electrons. The van der Waals surface area contributed by atoms with Crippen LogP contribution in [0.25, 0.3) is 0 Å². The predicted octanol–water partition coefficient (Wildman–Crippen LogP) is 2.76. The molecular formula is C19H29IN6S. The Bertz CT molecular complexity index is 683.